The fraction of sp³-hybridized carbons (Fsp3) is 0.107. The molecule has 1 aromatic heterocycles. The smallest absolute Gasteiger partial charge is 0.257 e. The van der Waals surface area contributed by atoms with E-state index in [2.05, 4.69) is 5.32 Å². The van der Waals surface area contributed by atoms with Gasteiger partial charge >= 0.3 is 0 Å². The van der Waals surface area contributed by atoms with Crippen LogP contribution in [-0.4, -0.2) is 29.3 Å². The molecule has 0 radical (unpaired) electrons. The minimum atomic E-state index is -1.88. The largest absolute Gasteiger partial charge is 0.507 e. The van der Waals surface area contributed by atoms with E-state index in [-0.39, 0.29) is 11.3 Å². The van der Waals surface area contributed by atoms with Crippen LogP contribution in [0.2, 0.25) is 0 Å². The molecule has 1 aliphatic heterocycles. The molecule has 5 rings (SSSR count). The van der Waals surface area contributed by atoms with Gasteiger partial charge in [-0.2, -0.15) is 0 Å². The number of phenols is 1. The van der Waals surface area contributed by atoms with E-state index in [1.165, 1.54) is 7.11 Å². The summed E-state index contributed by atoms with van der Waals surface area (Å²) in [6, 6.07) is 25.5. The Balaban J connectivity index is 1.56. The number of hydrogen-bond donors (Lipinski definition) is 3. The Kier molecular flexibility index (Phi) is 5.53. The van der Waals surface area contributed by atoms with Gasteiger partial charge in [0.2, 0.25) is 0 Å². The number of carbonyl (C=O) groups excluding carboxylic acids is 1. The van der Waals surface area contributed by atoms with Gasteiger partial charge < -0.3 is 24.7 Å². The first-order chi connectivity index (χ1) is 16.5. The Hall–Kier alpha value is -4.13. The number of rotatable bonds is 5. The highest BCUT2D eigenvalue weighted by molar-refractivity contribution is 6.00. The molecule has 3 N–H and O–H groups in total. The number of aliphatic hydroxyl groups is 1. The number of hydrogen-bond acceptors (Lipinski definition) is 5. The summed E-state index contributed by atoms with van der Waals surface area (Å²) in [7, 11) is 1.35. The molecule has 6 nitrogen and oxygen atoms in total. The quantitative estimate of drug-likeness (QED) is 0.394. The van der Waals surface area contributed by atoms with Gasteiger partial charge in [0.25, 0.3) is 5.91 Å². The predicted octanol–water partition coefficient (Wildman–Crippen LogP) is 5.03. The average Bonchev–Trinajstić information content (AvgIpc) is 3.34. The molecule has 4 aromatic rings. The third-order valence-corrected chi connectivity index (χ3v) is 6.03. The molecular formula is C28H23NO5. The van der Waals surface area contributed by atoms with Crippen LogP contribution in [0.15, 0.2) is 89.3 Å². The van der Waals surface area contributed by atoms with Crippen molar-refractivity contribution in [2.75, 3.05) is 12.4 Å². The van der Waals surface area contributed by atoms with Crippen LogP contribution in [0.5, 0.6) is 5.75 Å². The molecule has 0 saturated heterocycles. The Bertz CT molecular complexity index is 1360. The fourth-order valence-corrected chi connectivity index (χ4v) is 4.39. The van der Waals surface area contributed by atoms with Gasteiger partial charge in [-0.3, -0.25) is 4.79 Å². The number of nitrogens with one attached hydrogen (secondary N) is 1. The van der Waals surface area contributed by atoms with Gasteiger partial charge in [0.1, 0.15) is 17.3 Å². The second-order valence-electron chi connectivity index (χ2n) is 8.06. The molecule has 2 unspecified atom stereocenters. The van der Waals surface area contributed by atoms with Crippen molar-refractivity contribution in [3.8, 4) is 17.1 Å². The predicted molar refractivity (Wildman–Crippen MR) is 130 cm³/mol. The zero-order valence-corrected chi connectivity index (χ0v) is 18.4. The zero-order chi connectivity index (χ0) is 23.7. The van der Waals surface area contributed by atoms with Crippen LogP contribution in [0, 0.1) is 0 Å². The van der Waals surface area contributed by atoms with Crippen molar-refractivity contribution in [2.45, 2.75) is 11.7 Å². The third-order valence-electron chi connectivity index (χ3n) is 6.03. The summed E-state index contributed by atoms with van der Waals surface area (Å²) in [4.78, 5) is 12.7. The summed E-state index contributed by atoms with van der Waals surface area (Å²) in [6.45, 7) is 0. The van der Waals surface area contributed by atoms with E-state index in [0.717, 1.165) is 11.3 Å². The van der Waals surface area contributed by atoms with Gasteiger partial charge in [-0.1, -0.05) is 60.7 Å². The van der Waals surface area contributed by atoms with Gasteiger partial charge in [0.15, 0.2) is 11.7 Å². The topological polar surface area (TPSA) is 91.9 Å². The Morgan fingerprint density at radius 1 is 0.941 bits per heavy atom. The standard InChI is InChI=1S/C28H23NO5/c1-33-26-27(31)29-22-16-13-19(25(30)24(22)28(26,32)20-10-6-3-7-11-20)12-14-21-15-17-23(34-21)18-8-4-2-5-9-18/h2-17,26,30,32H,1H3,(H,29,31)/b14-12+. The number of methoxy groups -OCH3 is 1. The summed E-state index contributed by atoms with van der Waals surface area (Å²) < 4.78 is 11.3. The second-order valence-corrected chi connectivity index (χ2v) is 8.06. The molecule has 3 aromatic carbocycles. The molecule has 170 valence electrons. The first-order valence-corrected chi connectivity index (χ1v) is 10.8. The lowest BCUT2D eigenvalue weighted by Crippen LogP contribution is -2.52. The Labute approximate surface area is 196 Å². The van der Waals surface area contributed by atoms with E-state index >= 15 is 0 Å². The Morgan fingerprint density at radius 3 is 2.35 bits per heavy atom. The summed E-state index contributed by atoms with van der Waals surface area (Å²) >= 11 is 0. The lowest BCUT2D eigenvalue weighted by atomic mass is 9.77. The molecule has 0 aliphatic carbocycles. The monoisotopic (exact) mass is 453 g/mol. The summed E-state index contributed by atoms with van der Waals surface area (Å²) in [5.41, 5.74) is 0.477. The molecule has 6 heteroatoms. The minimum absolute atomic E-state index is 0.156. The summed E-state index contributed by atoms with van der Waals surface area (Å²) in [6.07, 6.45) is 2.20. The maximum absolute atomic E-state index is 12.7. The van der Waals surface area contributed by atoms with Crippen LogP contribution in [0.4, 0.5) is 5.69 Å². The SMILES string of the molecule is COC1C(=O)Nc2ccc(/C=C/c3ccc(-c4ccccc4)o3)c(O)c2C1(O)c1ccccc1. The van der Waals surface area contributed by atoms with Gasteiger partial charge in [-0.25, -0.2) is 0 Å². The average molecular weight is 453 g/mol. The number of anilines is 1. The van der Waals surface area contributed by atoms with Crippen molar-refractivity contribution in [3.05, 3.63) is 107 Å². The van der Waals surface area contributed by atoms with Gasteiger partial charge in [-0.05, 0) is 42.0 Å². The first-order valence-electron chi connectivity index (χ1n) is 10.8. The van der Waals surface area contributed by atoms with Crippen LogP contribution in [0.1, 0.15) is 22.5 Å². The summed E-state index contributed by atoms with van der Waals surface area (Å²) in [5, 5.41) is 25.8. The van der Waals surface area contributed by atoms with Crippen molar-refractivity contribution in [1.29, 1.82) is 0 Å². The molecule has 1 amide bonds. The maximum atomic E-state index is 12.7. The van der Waals surface area contributed by atoms with Crippen LogP contribution >= 0.6 is 0 Å². The molecule has 2 atom stereocenters. The molecule has 0 bridgehead atoms. The van der Waals surface area contributed by atoms with E-state index < -0.39 is 17.6 Å². The van der Waals surface area contributed by atoms with Gasteiger partial charge in [-0.15, -0.1) is 0 Å². The van der Waals surface area contributed by atoms with Gasteiger partial charge in [0, 0.05) is 18.2 Å². The number of aromatic hydroxyl groups is 1. The second kappa shape index (κ2) is 8.67. The number of benzene rings is 3. The van der Waals surface area contributed by atoms with Crippen molar-refractivity contribution >= 4 is 23.7 Å². The number of carbonyl (C=O) groups is 1. The molecular weight excluding hydrogens is 430 g/mol. The van der Waals surface area contributed by atoms with Crippen LogP contribution in [-0.2, 0) is 15.1 Å². The maximum Gasteiger partial charge on any atom is 0.257 e. The third kappa shape index (κ3) is 3.59. The lowest BCUT2D eigenvalue weighted by Gasteiger charge is -2.40. The fourth-order valence-electron chi connectivity index (χ4n) is 4.39. The number of ether oxygens (including phenoxy) is 1. The van der Waals surface area contributed by atoms with E-state index in [0.29, 0.717) is 22.6 Å². The van der Waals surface area contributed by atoms with Crippen molar-refractivity contribution < 1.29 is 24.2 Å². The normalized spacial score (nSPS) is 19.7. The van der Waals surface area contributed by atoms with Crippen molar-refractivity contribution in [1.82, 2.24) is 0 Å². The first kappa shape index (κ1) is 21.7. The number of phenolic OH excluding ortho intramolecular Hbond substituents is 1. The molecule has 1 aliphatic rings. The zero-order valence-electron chi connectivity index (χ0n) is 18.4. The highest BCUT2D eigenvalue weighted by atomic mass is 16.5. The molecule has 0 fully saturated rings. The van der Waals surface area contributed by atoms with Crippen molar-refractivity contribution in [2.24, 2.45) is 0 Å². The van der Waals surface area contributed by atoms with E-state index in [9.17, 15) is 15.0 Å². The molecule has 34 heavy (non-hydrogen) atoms. The van der Waals surface area contributed by atoms with E-state index in [1.807, 2.05) is 48.5 Å². The van der Waals surface area contributed by atoms with Crippen LogP contribution in [0.25, 0.3) is 23.5 Å². The minimum Gasteiger partial charge on any atom is -0.507 e. The van der Waals surface area contributed by atoms with Gasteiger partial charge in [0.05, 0.1) is 11.3 Å². The summed E-state index contributed by atoms with van der Waals surface area (Å²) in [5.74, 6) is 0.696. The highest BCUT2D eigenvalue weighted by Gasteiger charge is 2.51. The molecule has 0 saturated carbocycles. The van der Waals surface area contributed by atoms with Crippen LogP contribution in [0.3, 0.4) is 0 Å². The Morgan fingerprint density at radius 2 is 1.65 bits per heavy atom. The van der Waals surface area contributed by atoms with Crippen molar-refractivity contribution in [3.63, 3.8) is 0 Å². The lowest BCUT2D eigenvalue weighted by molar-refractivity contribution is -0.142. The van der Waals surface area contributed by atoms with E-state index in [1.54, 1.807) is 48.6 Å². The molecule has 2 heterocycles. The number of furan rings is 1. The van der Waals surface area contributed by atoms with E-state index in [4.69, 9.17) is 9.15 Å². The molecule has 0 spiro atoms. The highest BCUT2D eigenvalue weighted by Crippen LogP contribution is 2.47. The number of amides is 1. The number of fused-ring (bicyclic) bond motifs is 1. The van der Waals surface area contributed by atoms with Crippen LogP contribution < -0.4 is 5.32 Å².